The minimum atomic E-state index is -0.348. The van der Waals surface area contributed by atoms with Crippen LogP contribution in [0.2, 0.25) is 0 Å². The van der Waals surface area contributed by atoms with Crippen LogP contribution in [-0.4, -0.2) is 11.7 Å². The Labute approximate surface area is 109 Å². The highest BCUT2D eigenvalue weighted by molar-refractivity contribution is 5.39. The third-order valence-corrected chi connectivity index (χ3v) is 4.51. The average Bonchev–Trinajstić information content (AvgIpc) is 2.98. The fourth-order valence-corrected chi connectivity index (χ4v) is 3.46. The molecule has 0 aromatic heterocycles. The number of aryl methyl sites for hydroxylation is 1. The van der Waals surface area contributed by atoms with Gasteiger partial charge in [-0.05, 0) is 63.0 Å². The van der Waals surface area contributed by atoms with Crippen LogP contribution in [0, 0.1) is 24.7 Å². The maximum atomic E-state index is 10.6. The molecule has 2 aliphatic carbocycles. The van der Waals surface area contributed by atoms with Crippen molar-refractivity contribution in [2.75, 3.05) is 6.61 Å². The molecule has 0 spiro atoms. The monoisotopic (exact) mass is 246 g/mol. The van der Waals surface area contributed by atoms with Gasteiger partial charge in [0.1, 0.15) is 5.75 Å². The Kier molecular flexibility index (Phi) is 3.06. The lowest BCUT2D eigenvalue weighted by Gasteiger charge is -2.22. The van der Waals surface area contributed by atoms with E-state index in [4.69, 9.17) is 4.74 Å². The Morgan fingerprint density at radius 2 is 2.00 bits per heavy atom. The summed E-state index contributed by atoms with van der Waals surface area (Å²) >= 11 is 0. The minimum absolute atomic E-state index is 0.348. The first kappa shape index (κ1) is 12.0. The summed E-state index contributed by atoms with van der Waals surface area (Å²) in [5.41, 5.74) is 2.18. The first-order valence-electron chi connectivity index (χ1n) is 7.10. The number of benzene rings is 1. The van der Waals surface area contributed by atoms with Gasteiger partial charge in [-0.1, -0.05) is 11.6 Å². The standard InChI is InChI=1S/C16H22O2/c1-3-18-15-5-4-10(2)6-14(15)16(17)13-8-11-7-12(11)9-13/h4-6,11-13,16-17H,3,7-9H2,1-2H3. The van der Waals surface area contributed by atoms with Crippen LogP contribution in [0.15, 0.2) is 18.2 Å². The maximum Gasteiger partial charge on any atom is 0.125 e. The second-order valence-electron chi connectivity index (χ2n) is 5.91. The highest BCUT2D eigenvalue weighted by Gasteiger charge is 2.48. The Morgan fingerprint density at radius 1 is 1.28 bits per heavy atom. The van der Waals surface area contributed by atoms with E-state index < -0.39 is 0 Å². The number of aliphatic hydroxyl groups is 1. The average molecular weight is 246 g/mol. The number of hydrogen-bond donors (Lipinski definition) is 1. The van der Waals surface area contributed by atoms with Crippen molar-refractivity contribution in [1.29, 1.82) is 0 Å². The molecule has 2 saturated carbocycles. The van der Waals surface area contributed by atoms with E-state index in [0.717, 1.165) is 23.1 Å². The Hall–Kier alpha value is -1.02. The van der Waals surface area contributed by atoms with Gasteiger partial charge >= 0.3 is 0 Å². The quantitative estimate of drug-likeness (QED) is 0.881. The SMILES string of the molecule is CCOc1ccc(C)cc1C(O)C1CC2CC2C1. The van der Waals surface area contributed by atoms with E-state index in [9.17, 15) is 5.11 Å². The second-order valence-corrected chi connectivity index (χ2v) is 5.91. The van der Waals surface area contributed by atoms with E-state index in [1.54, 1.807) is 0 Å². The summed E-state index contributed by atoms with van der Waals surface area (Å²) in [5.74, 6) is 3.11. The molecule has 0 saturated heterocycles. The van der Waals surface area contributed by atoms with E-state index >= 15 is 0 Å². The molecule has 1 aromatic rings. The van der Waals surface area contributed by atoms with Crippen LogP contribution in [0.1, 0.15) is 43.4 Å². The van der Waals surface area contributed by atoms with Crippen molar-refractivity contribution in [3.8, 4) is 5.75 Å². The molecule has 0 amide bonds. The van der Waals surface area contributed by atoms with Crippen LogP contribution >= 0.6 is 0 Å². The molecule has 18 heavy (non-hydrogen) atoms. The van der Waals surface area contributed by atoms with Crippen molar-refractivity contribution in [1.82, 2.24) is 0 Å². The van der Waals surface area contributed by atoms with E-state index in [-0.39, 0.29) is 6.10 Å². The van der Waals surface area contributed by atoms with Gasteiger partial charge in [0.15, 0.2) is 0 Å². The lowest BCUT2D eigenvalue weighted by Crippen LogP contribution is -2.12. The lowest BCUT2D eigenvalue weighted by atomic mass is 9.90. The zero-order valence-corrected chi connectivity index (χ0v) is 11.2. The van der Waals surface area contributed by atoms with Gasteiger partial charge in [-0.25, -0.2) is 0 Å². The number of rotatable bonds is 4. The second kappa shape index (κ2) is 4.58. The molecule has 2 nitrogen and oxygen atoms in total. The summed E-state index contributed by atoms with van der Waals surface area (Å²) in [6, 6.07) is 6.13. The molecule has 0 heterocycles. The Balaban J connectivity index is 1.82. The van der Waals surface area contributed by atoms with Crippen LogP contribution in [0.5, 0.6) is 5.75 Å². The Morgan fingerprint density at radius 3 is 2.67 bits per heavy atom. The van der Waals surface area contributed by atoms with Crippen molar-refractivity contribution >= 4 is 0 Å². The fourth-order valence-electron chi connectivity index (χ4n) is 3.46. The highest BCUT2D eigenvalue weighted by Crippen LogP contribution is 2.57. The van der Waals surface area contributed by atoms with Gasteiger partial charge in [-0.15, -0.1) is 0 Å². The van der Waals surface area contributed by atoms with E-state index in [1.165, 1.54) is 24.8 Å². The van der Waals surface area contributed by atoms with Crippen molar-refractivity contribution in [3.05, 3.63) is 29.3 Å². The third-order valence-electron chi connectivity index (χ3n) is 4.51. The Bertz CT molecular complexity index is 431. The number of aliphatic hydroxyl groups excluding tert-OH is 1. The first-order valence-corrected chi connectivity index (χ1v) is 7.10. The number of hydrogen-bond acceptors (Lipinski definition) is 2. The normalized spacial score (nSPS) is 30.9. The zero-order valence-electron chi connectivity index (χ0n) is 11.2. The molecule has 3 rings (SSSR count). The topological polar surface area (TPSA) is 29.5 Å². The number of fused-ring (bicyclic) bond motifs is 1. The van der Waals surface area contributed by atoms with Gasteiger partial charge in [0, 0.05) is 5.56 Å². The largest absolute Gasteiger partial charge is 0.493 e. The molecule has 3 atom stereocenters. The lowest BCUT2D eigenvalue weighted by molar-refractivity contribution is 0.101. The summed E-state index contributed by atoms with van der Waals surface area (Å²) in [6.07, 6.45) is 3.45. The van der Waals surface area contributed by atoms with Crippen molar-refractivity contribution < 1.29 is 9.84 Å². The van der Waals surface area contributed by atoms with Crippen LogP contribution in [0.3, 0.4) is 0 Å². The summed E-state index contributed by atoms with van der Waals surface area (Å²) in [5, 5.41) is 10.6. The van der Waals surface area contributed by atoms with Gasteiger partial charge in [-0.3, -0.25) is 0 Å². The predicted octanol–water partition coefficient (Wildman–Crippen LogP) is 3.47. The van der Waals surface area contributed by atoms with E-state index in [0.29, 0.717) is 12.5 Å². The summed E-state index contributed by atoms with van der Waals surface area (Å²) in [6.45, 7) is 4.71. The first-order chi connectivity index (χ1) is 8.69. The van der Waals surface area contributed by atoms with E-state index in [1.807, 2.05) is 19.1 Å². The molecule has 2 aliphatic rings. The maximum absolute atomic E-state index is 10.6. The van der Waals surface area contributed by atoms with Gasteiger partial charge in [0.2, 0.25) is 0 Å². The zero-order chi connectivity index (χ0) is 12.7. The molecule has 1 aromatic carbocycles. The molecule has 1 N–H and O–H groups in total. The van der Waals surface area contributed by atoms with Crippen molar-refractivity contribution in [3.63, 3.8) is 0 Å². The molecular weight excluding hydrogens is 224 g/mol. The minimum Gasteiger partial charge on any atom is -0.493 e. The molecule has 2 heteroatoms. The molecule has 0 radical (unpaired) electrons. The van der Waals surface area contributed by atoms with Gasteiger partial charge < -0.3 is 9.84 Å². The van der Waals surface area contributed by atoms with E-state index in [2.05, 4.69) is 13.0 Å². The van der Waals surface area contributed by atoms with Crippen LogP contribution < -0.4 is 4.74 Å². The fraction of sp³-hybridized carbons (Fsp3) is 0.625. The molecule has 3 unspecified atom stereocenters. The molecule has 98 valence electrons. The molecule has 0 aliphatic heterocycles. The molecule has 0 bridgehead atoms. The van der Waals surface area contributed by atoms with Gasteiger partial charge in [0.25, 0.3) is 0 Å². The van der Waals surface area contributed by atoms with Crippen LogP contribution in [0.4, 0.5) is 0 Å². The summed E-state index contributed by atoms with van der Waals surface area (Å²) in [4.78, 5) is 0. The summed E-state index contributed by atoms with van der Waals surface area (Å²) < 4.78 is 5.65. The highest BCUT2D eigenvalue weighted by atomic mass is 16.5. The third kappa shape index (κ3) is 2.14. The van der Waals surface area contributed by atoms with Crippen LogP contribution in [-0.2, 0) is 0 Å². The summed E-state index contributed by atoms with van der Waals surface area (Å²) in [7, 11) is 0. The van der Waals surface area contributed by atoms with Gasteiger partial charge in [0.05, 0.1) is 12.7 Å². The van der Waals surface area contributed by atoms with Crippen molar-refractivity contribution in [2.24, 2.45) is 17.8 Å². The molecule has 2 fully saturated rings. The molecular formula is C16H22O2. The smallest absolute Gasteiger partial charge is 0.125 e. The van der Waals surface area contributed by atoms with Crippen molar-refractivity contribution in [2.45, 2.75) is 39.2 Å². The predicted molar refractivity (Wildman–Crippen MR) is 71.6 cm³/mol. The van der Waals surface area contributed by atoms with Crippen LogP contribution in [0.25, 0.3) is 0 Å². The number of ether oxygens (including phenoxy) is 1. The van der Waals surface area contributed by atoms with Gasteiger partial charge in [-0.2, -0.15) is 0 Å².